The van der Waals surface area contributed by atoms with E-state index in [1.807, 2.05) is 13.8 Å². The molecule has 0 aliphatic rings. The van der Waals surface area contributed by atoms with Gasteiger partial charge in [-0.25, -0.2) is 4.39 Å². The van der Waals surface area contributed by atoms with Crippen LogP contribution >= 0.6 is 12.2 Å². The van der Waals surface area contributed by atoms with Gasteiger partial charge in [0.05, 0.1) is 11.4 Å². The van der Waals surface area contributed by atoms with E-state index in [9.17, 15) is 9.18 Å². The summed E-state index contributed by atoms with van der Waals surface area (Å²) in [7, 11) is 0. The van der Waals surface area contributed by atoms with Crippen LogP contribution < -0.4 is 5.73 Å². The summed E-state index contributed by atoms with van der Waals surface area (Å²) in [4.78, 5) is 14.3. The zero-order chi connectivity index (χ0) is 14.4. The molecule has 0 saturated carbocycles. The van der Waals surface area contributed by atoms with E-state index in [0.29, 0.717) is 18.0 Å². The van der Waals surface area contributed by atoms with Crippen molar-refractivity contribution in [3.05, 3.63) is 35.6 Å². The average molecular weight is 282 g/mol. The normalized spacial score (nSPS) is 10.5. The van der Waals surface area contributed by atoms with Gasteiger partial charge < -0.3 is 10.6 Å². The van der Waals surface area contributed by atoms with Crippen molar-refractivity contribution in [2.75, 3.05) is 6.54 Å². The molecule has 1 aromatic rings. The van der Waals surface area contributed by atoms with Gasteiger partial charge in [0.2, 0.25) is 5.91 Å². The fourth-order valence-electron chi connectivity index (χ4n) is 1.78. The van der Waals surface area contributed by atoms with Crippen LogP contribution in [0.25, 0.3) is 0 Å². The Morgan fingerprint density at radius 3 is 2.42 bits per heavy atom. The molecule has 0 spiro atoms. The second-order valence-corrected chi connectivity index (χ2v) is 5.22. The third-order valence-electron chi connectivity index (χ3n) is 2.81. The Bertz CT molecular complexity index is 445. The number of benzene rings is 1. The largest absolute Gasteiger partial charge is 0.393 e. The predicted octanol–water partition coefficient (Wildman–Crippen LogP) is 2.28. The number of carbonyl (C=O) groups is 1. The van der Waals surface area contributed by atoms with E-state index >= 15 is 0 Å². The smallest absolute Gasteiger partial charge is 0.227 e. The first kappa shape index (κ1) is 15.6. The van der Waals surface area contributed by atoms with Crippen molar-refractivity contribution in [1.29, 1.82) is 0 Å². The molecule has 0 bridgehead atoms. The molecule has 19 heavy (non-hydrogen) atoms. The summed E-state index contributed by atoms with van der Waals surface area (Å²) in [6.45, 7) is 4.41. The van der Waals surface area contributed by atoms with Crippen LogP contribution in [-0.2, 0) is 11.2 Å². The molecule has 2 N–H and O–H groups in total. The maximum atomic E-state index is 12.8. The fraction of sp³-hybridized carbons (Fsp3) is 0.429. The first-order valence-corrected chi connectivity index (χ1v) is 6.63. The van der Waals surface area contributed by atoms with Gasteiger partial charge in [-0.2, -0.15) is 0 Å². The molecule has 1 rings (SSSR count). The highest BCUT2D eigenvalue weighted by atomic mass is 32.1. The summed E-state index contributed by atoms with van der Waals surface area (Å²) < 4.78 is 12.8. The lowest BCUT2D eigenvalue weighted by Crippen LogP contribution is -2.39. The van der Waals surface area contributed by atoms with E-state index in [0.717, 1.165) is 5.56 Å². The number of thiocarbonyl (C=S) groups is 1. The third-order valence-corrected chi connectivity index (χ3v) is 3.02. The second-order valence-electron chi connectivity index (χ2n) is 4.70. The van der Waals surface area contributed by atoms with E-state index < -0.39 is 0 Å². The lowest BCUT2D eigenvalue weighted by molar-refractivity contribution is -0.132. The summed E-state index contributed by atoms with van der Waals surface area (Å²) in [5.74, 6) is -0.303. The van der Waals surface area contributed by atoms with Gasteiger partial charge in [-0.1, -0.05) is 24.4 Å². The minimum absolute atomic E-state index is 0.00198. The SMILES string of the molecule is CC(C)N(CCC(N)=S)C(=O)Cc1ccc(F)cc1. The summed E-state index contributed by atoms with van der Waals surface area (Å²) in [6.07, 6.45) is 0.776. The van der Waals surface area contributed by atoms with Crippen molar-refractivity contribution in [2.45, 2.75) is 32.7 Å². The first-order valence-electron chi connectivity index (χ1n) is 6.22. The maximum Gasteiger partial charge on any atom is 0.227 e. The molecule has 0 aliphatic carbocycles. The van der Waals surface area contributed by atoms with Crippen molar-refractivity contribution in [3.8, 4) is 0 Å². The van der Waals surface area contributed by atoms with Gasteiger partial charge in [-0.15, -0.1) is 0 Å². The molecule has 104 valence electrons. The van der Waals surface area contributed by atoms with E-state index in [1.54, 1.807) is 17.0 Å². The maximum absolute atomic E-state index is 12.8. The van der Waals surface area contributed by atoms with Gasteiger partial charge in [0.25, 0.3) is 0 Å². The van der Waals surface area contributed by atoms with Gasteiger partial charge in [-0.05, 0) is 31.5 Å². The Balaban J connectivity index is 2.66. The zero-order valence-electron chi connectivity index (χ0n) is 11.2. The minimum Gasteiger partial charge on any atom is -0.393 e. The monoisotopic (exact) mass is 282 g/mol. The van der Waals surface area contributed by atoms with Crippen molar-refractivity contribution >= 4 is 23.1 Å². The van der Waals surface area contributed by atoms with Gasteiger partial charge in [0, 0.05) is 19.0 Å². The minimum atomic E-state index is -0.301. The number of carbonyl (C=O) groups excluding carboxylic acids is 1. The van der Waals surface area contributed by atoms with Gasteiger partial charge >= 0.3 is 0 Å². The number of halogens is 1. The molecule has 0 radical (unpaired) electrons. The summed E-state index contributed by atoms with van der Waals surface area (Å²) in [5.41, 5.74) is 6.26. The van der Waals surface area contributed by atoms with Crippen molar-refractivity contribution in [3.63, 3.8) is 0 Å². The van der Waals surface area contributed by atoms with Crippen LogP contribution in [0.2, 0.25) is 0 Å². The van der Waals surface area contributed by atoms with Gasteiger partial charge in [0.15, 0.2) is 0 Å². The Morgan fingerprint density at radius 2 is 1.95 bits per heavy atom. The molecule has 0 heterocycles. The number of nitrogens with zero attached hydrogens (tertiary/aromatic N) is 1. The number of amides is 1. The molecule has 0 atom stereocenters. The Hall–Kier alpha value is -1.49. The number of nitrogens with two attached hydrogens (primary N) is 1. The van der Waals surface area contributed by atoms with E-state index in [1.165, 1.54) is 12.1 Å². The lowest BCUT2D eigenvalue weighted by atomic mass is 10.1. The highest BCUT2D eigenvalue weighted by Gasteiger charge is 2.17. The number of hydrogen-bond donors (Lipinski definition) is 1. The molecule has 3 nitrogen and oxygen atoms in total. The molecule has 0 fully saturated rings. The first-order chi connectivity index (χ1) is 8.90. The highest BCUT2D eigenvalue weighted by Crippen LogP contribution is 2.08. The van der Waals surface area contributed by atoms with Gasteiger partial charge in [-0.3, -0.25) is 4.79 Å². The van der Waals surface area contributed by atoms with Gasteiger partial charge in [0.1, 0.15) is 5.82 Å². The molecule has 5 heteroatoms. The van der Waals surface area contributed by atoms with Crippen molar-refractivity contribution < 1.29 is 9.18 Å². The van der Waals surface area contributed by atoms with E-state index in [2.05, 4.69) is 0 Å². The predicted molar refractivity (Wildman–Crippen MR) is 78.4 cm³/mol. The average Bonchev–Trinajstić information content (AvgIpc) is 2.31. The Kier molecular flexibility index (Phi) is 5.89. The molecular formula is C14H19FN2OS. The second kappa shape index (κ2) is 7.19. The van der Waals surface area contributed by atoms with Crippen LogP contribution in [-0.4, -0.2) is 28.4 Å². The van der Waals surface area contributed by atoms with Crippen LogP contribution in [0.3, 0.4) is 0 Å². The van der Waals surface area contributed by atoms with E-state index in [4.69, 9.17) is 18.0 Å². The molecule has 0 aromatic heterocycles. The summed E-state index contributed by atoms with van der Waals surface area (Å²) in [6, 6.07) is 6.05. The number of rotatable bonds is 6. The molecule has 0 unspecified atom stereocenters. The molecule has 1 amide bonds. The molecule has 1 aromatic carbocycles. The molecular weight excluding hydrogens is 263 g/mol. The summed E-state index contributed by atoms with van der Waals surface area (Å²) >= 11 is 4.83. The Morgan fingerprint density at radius 1 is 1.37 bits per heavy atom. The molecule has 0 aliphatic heterocycles. The number of hydrogen-bond acceptors (Lipinski definition) is 2. The highest BCUT2D eigenvalue weighted by molar-refractivity contribution is 7.80. The fourth-order valence-corrected chi connectivity index (χ4v) is 1.87. The van der Waals surface area contributed by atoms with E-state index in [-0.39, 0.29) is 24.2 Å². The van der Waals surface area contributed by atoms with Crippen LogP contribution in [0.1, 0.15) is 25.8 Å². The quantitative estimate of drug-likeness (QED) is 0.814. The molecule has 0 saturated heterocycles. The third kappa shape index (κ3) is 5.34. The van der Waals surface area contributed by atoms with Crippen LogP contribution in [0.15, 0.2) is 24.3 Å². The van der Waals surface area contributed by atoms with Crippen LogP contribution in [0.5, 0.6) is 0 Å². The van der Waals surface area contributed by atoms with Crippen molar-refractivity contribution in [1.82, 2.24) is 4.90 Å². The summed E-state index contributed by atoms with van der Waals surface area (Å²) in [5, 5.41) is 0. The van der Waals surface area contributed by atoms with Crippen LogP contribution in [0, 0.1) is 5.82 Å². The zero-order valence-corrected chi connectivity index (χ0v) is 12.0. The topological polar surface area (TPSA) is 46.3 Å². The lowest BCUT2D eigenvalue weighted by Gasteiger charge is -2.26. The standard InChI is InChI=1S/C14H19FN2OS/c1-10(2)17(8-7-13(16)19)14(18)9-11-3-5-12(15)6-4-11/h3-6,10H,7-9H2,1-2H3,(H2,16,19). The van der Waals surface area contributed by atoms with Crippen LogP contribution in [0.4, 0.5) is 4.39 Å². The Labute approximate surface area is 118 Å². The van der Waals surface area contributed by atoms with Crippen molar-refractivity contribution in [2.24, 2.45) is 5.73 Å².